The lowest BCUT2D eigenvalue weighted by molar-refractivity contribution is 0.158. The minimum atomic E-state index is -4.17. The van der Waals surface area contributed by atoms with E-state index in [1.807, 2.05) is 13.8 Å². The van der Waals surface area contributed by atoms with Gasteiger partial charge >= 0.3 is 11.8 Å². The second-order valence-corrected chi connectivity index (χ2v) is 19.1. The fraction of sp³-hybridized carbons (Fsp3) is 0.103. The van der Waals surface area contributed by atoms with Crippen molar-refractivity contribution in [3.63, 3.8) is 0 Å². The van der Waals surface area contributed by atoms with Crippen LogP contribution in [0.15, 0.2) is 24.3 Å². The Labute approximate surface area is 361 Å². The van der Waals surface area contributed by atoms with Crippen LogP contribution in [0.5, 0.6) is 0 Å². The van der Waals surface area contributed by atoms with Crippen molar-refractivity contribution in [2.24, 2.45) is 0 Å². The van der Waals surface area contributed by atoms with E-state index in [4.69, 9.17) is 8.37 Å². The van der Waals surface area contributed by atoms with Crippen molar-refractivity contribution in [3.05, 3.63) is 109 Å². The van der Waals surface area contributed by atoms with Gasteiger partial charge in [0.25, 0.3) is 0 Å². The van der Waals surface area contributed by atoms with E-state index in [1.165, 1.54) is 65.0 Å². The molecule has 5 heteroatoms. The Bertz CT molecular complexity index is 4720. The van der Waals surface area contributed by atoms with Crippen molar-refractivity contribution in [2.75, 3.05) is 0 Å². The SMILES string of the molecule is C=c1c2c3c4c(c(=C)c(=C)c5cc6c(=C)c(=C)c7cc(c1=C)c3c(c76)c54)C1OS(=O)(=O)OC21.C=c1c2c3c4c(c(=C)c(=C)c5cc6c(=C)c(=C)c7cc(c1=C)c3c(c76)c54)CC2.CC.[H+]. The quantitative estimate of drug-likeness (QED) is 0.200. The zero-order valence-corrected chi connectivity index (χ0v) is 36.2. The first-order valence-electron chi connectivity index (χ1n) is 21.3. The predicted molar refractivity (Wildman–Crippen MR) is 273 cm³/mol. The number of benzene rings is 8. The van der Waals surface area contributed by atoms with E-state index < -0.39 is 22.6 Å². The maximum absolute atomic E-state index is 12.4. The molecule has 63 heavy (non-hydrogen) atoms. The van der Waals surface area contributed by atoms with Gasteiger partial charge in [0.2, 0.25) is 0 Å². The monoisotopic (exact) mass is 833 g/mol. The molecule has 3 aliphatic rings. The summed E-state index contributed by atoms with van der Waals surface area (Å²) in [4.78, 5) is 0. The second kappa shape index (κ2) is 11.0. The third kappa shape index (κ3) is 3.73. The van der Waals surface area contributed by atoms with Crippen LogP contribution in [0.4, 0.5) is 0 Å². The molecule has 2 unspecified atom stereocenters. The molecule has 0 N–H and O–H groups in total. The smallest absolute Gasteiger partial charge is 0.237 e. The molecule has 0 radical (unpaired) electrons. The number of hydrogen-bond acceptors (Lipinski definition) is 4. The minimum absolute atomic E-state index is 0. The highest BCUT2D eigenvalue weighted by Gasteiger charge is 2.48. The Morgan fingerprint density at radius 2 is 0.619 bits per heavy atom. The third-order valence-corrected chi connectivity index (χ3v) is 16.4. The lowest BCUT2D eigenvalue weighted by atomic mass is 9.83. The first-order chi connectivity index (χ1) is 30.0. The van der Waals surface area contributed by atoms with E-state index in [1.54, 1.807) is 0 Å². The highest BCUT2D eigenvalue weighted by Crippen LogP contribution is 2.55. The Balaban J connectivity index is 0.000000130. The van der Waals surface area contributed by atoms with Crippen molar-refractivity contribution in [1.82, 2.24) is 0 Å². The molecule has 15 rings (SSSR count). The standard InChI is InChI=1S/C28H16O4S.C28H18.C2H6/c1-9-10(2)16-8-18-12(4)14(6)20-25-23(18)26-21(16)15(9)7-17-11(3)13(5)19(24(25)22(17)26)27-28(20)32-33(29,30)31-27;1-11-13(3)21-9-19-15(5)16(6)20-10-22-14(4)12(2)18-8-7-17(11)24-25(18)27(22)28(23(19)20)26(21)24;1-2/h7-8,27-28H,1-6H2;9-10H,1-8H2;1-2H3/p+1. The highest BCUT2D eigenvalue weighted by atomic mass is 32.3. The predicted octanol–water partition coefficient (Wildman–Crippen LogP) is 5.08. The first-order valence-corrected chi connectivity index (χ1v) is 22.6. The van der Waals surface area contributed by atoms with Crippen LogP contribution in [-0.4, -0.2) is 8.42 Å². The topological polar surface area (TPSA) is 52.6 Å². The van der Waals surface area contributed by atoms with Crippen molar-refractivity contribution in [3.8, 4) is 0 Å². The van der Waals surface area contributed by atoms with Crippen LogP contribution in [0, 0.1) is 0 Å². The van der Waals surface area contributed by atoms with E-state index >= 15 is 0 Å². The Hall–Kier alpha value is -6.89. The summed E-state index contributed by atoms with van der Waals surface area (Å²) in [5, 5.41) is 34.2. The van der Waals surface area contributed by atoms with Crippen LogP contribution >= 0.6 is 0 Å². The molecular formula is C58H41O4S+. The van der Waals surface area contributed by atoms with Gasteiger partial charge in [0.05, 0.1) is 0 Å². The minimum Gasteiger partial charge on any atom is -0.237 e. The van der Waals surface area contributed by atoms with E-state index in [-0.39, 0.29) is 1.43 Å². The summed E-state index contributed by atoms with van der Waals surface area (Å²) in [6, 6.07) is 8.81. The summed E-state index contributed by atoms with van der Waals surface area (Å²) in [5.74, 6) is 0. The van der Waals surface area contributed by atoms with Crippen LogP contribution in [0.25, 0.3) is 187 Å². The van der Waals surface area contributed by atoms with Crippen molar-refractivity contribution in [2.45, 2.75) is 38.9 Å². The number of rotatable bonds is 0. The van der Waals surface area contributed by atoms with Gasteiger partial charge in [-0.15, -0.1) is 0 Å². The fourth-order valence-corrected chi connectivity index (χ4v) is 13.6. The molecule has 12 aromatic carbocycles. The van der Waals surface area contributed by atoms with E-state index in [0.717, 1.165) is 130 Å². The molecule has 1 fully saturated rings. The molecule has 0 saturated carbocycles. The number of hydrogen-bond donors (Lipinski definition) is 0. The van der Waals surface area contributed by atoms with Gasteiger partial charge in [-0.3, -0.25) is 0 Å². The van der Waals surface area contributed by atoms with Gasteiger partial charge in [-0.2, -0.15) is 8.42 Å². The summed E-state index contributed by atoms with van der Waals surface area (Å²) in [6.45, 7) is 56.4. The average molecular weight is 834 g/mol. The summed E-state index contributed by atoms with van der Waals surface area (Å²) in [7, 11) is -4.17. The molecule has 2 atom stereocenters. The van der Waals surface area contributed by atoms with Gasteiger partial charge < -0.3 is 0 Å². The number of fused-ring (bicyclic) bond motifs is 3. The Morgan fingerprint density at radius 3 is 0.937 bits per heavy atom. The van der Waals surface area contributed by atoms with Gasteiger partial charge in [0.15, 0.2) is 0 Å². The van der Waals surface area contributed by atoms with Crippen LogP contribution < -0.4 is 62.6 Å². The Kier molecular flexibility index (Phi) is 6.41. The lowest BCUT2D eigenvalue weighted by Gasteiger charge is -2.25. The largest absolute Gasteiger partial charge is 1.00 e. The molecule has 1 heterocycles. The third-order valence-electron chi connectivity index (χ3n) is 15.5. The normalized spacial score (nSPS) is 17.8. The van der Waals surface area contributed by atoms with E-state index in [2.05, 4.69) is 103 Å². The van der Waals surface area contributed by atoms with Gasteiger partial charge in [0.1, 0.15) is 12.2 Å². The zero-order valence-electron chi connectivity index (χ0n) is 36.4. The molecular weight excluding hydrogens is 793 g/mol. The molecule has 4 nitrogen and oxygen atoms in total. The van der Waals surface area contributed by atoms with Gasteiger partial charge in [-0.25, -0.2) is 8.37 Å². The van der Waals surface area contributed by atoms with E-state index in [9.17, 15) is 8.42 Å². The first kappa shape index (κ1) is 36.7. The van der Waals surface area contributed by atoms with E-state index in [0.29, 0.717) is 10.4 Å². The summed E-state index contributed by atoms with van der Waals surface area (Å²) in [6.07, 6.45) is 0.310. The molecule has 0 amide bonds. The van der Waals surface area contributed by atoms with Gasteiger partial charge in [-0.1, -0.05) is 92.8 Å². The molecule has 1 aliphatic heterocycles. The van der Waals surface area contributed by atoms with Crippen molar-refractivity contribution in [1.29, 1.82) is 0 Å². The molecule has 0 aromatic heterocycles. The second-order valence-electron chi connectivity index (χ2n) is 17.9. The van der Waals surface area contributed by atoms with Crippen LogP contribution in [0.3, 0.4) is 0 Å². The van der Waals surface area contributed by atoms with Gasteiger partial charge in [0, 0.05) is 11.1 Å². The summed E-state index contributed by atoms with van der Waals surface area (Å²) >= 11 is 0. The van der Waals surface area contributed by atoms with Crippen LogP contribution in [-0.2, 0) is 31.6 Å². The summed E-state index contributed by atoms with van der Waals surface area (Å²) in [5.41, 5.74) is 4.19. The lowest BCUT2D eigenvalue weighted by Crippen LogP contribution is -2.35. The van der Waals surface area contributed by atoms with Crippen molar-refractivity contribution >= 4 is 197 Å². The Morgan fingerprint density at radius 1 is 0.365 bits per heavy atom. The molecule has 1 saturated heterocycles. The zero-order chi connectivity index (χ0) is 44.1. The van der Waals surface area contributed by atoms with Crippen LogP contribution in [0.2, 0.25) is 0 Å². The molecule has 302 valence electrons. The fourth-order valence-electron chi connectivity index (χ4n) is 12.7. The maximum Gasteiger partial charge on any atom is 1.00 e. The highest BCUT2D eigenvalue weighted by molar-refractivity contribution is 7.82. The van der Waals surface area contributed by atoms with Gasteiger partial charge in [-0.05, 0) is 219 Å². The van der Waals surface area contributed by atoms with Crippen LogP contribution in [0.1, 0.15) is 49.7 Å². The molecule has 0 spiro atoms. The summed E-state index contributed by atoms with van der Waals surface area (Å²) < 4.78 is 35.9. The molecule has 12 aromatic rings. The average Bonchev–Trinajstić information content (AvgIpc) is 4.03. The molecule has 2 aliphatic carbocycles. The van der Waals surface area contributed by atoms with Crippen molar-refractivity contribution < 1.29 is 18.2 Å². The molecule has 0 bridgehead atoms. The maximum atomic E-state index is 12.4. The number of aryl methyl sites for hydroxylation is 2.